The van der Waals surface area contributed by atoms with Crippen LogP contribution in [0, 0.1) is 13.8 Å². The molecule has 0 aliphatic carbocycles. The maximum atomic E-state index is 12.0. The number of hydrogen-bond donors (Lipinski definition) is 1. The van der Waals surface area contributed by atoms with Crippen molar-refractivity contribution in [3.05, 3.63) is 64.7 Å². The molecule has 0 spiro atoms. The summed E-state index contributed by atoms with van der Waals surface area (Å²) in [6.45, 7) is 7.13. The summed E-state index contributed by atoms with van der Waals surface area (Å²) >= 11 is 0. The number of carbonyl (C=O) groups is 1. The SMILES string of the molecule is CCc1ccc(C(=O)NCCOc2ccc(C)cc2C)cc1. The van der Waals surface area contributed by atoms with Crippen LogP contribution >= 0.6 is 0 Å². The Bertz CT molecular complexity index is 632. The predicted molar refractivity (Wildman–Crippen MR) is 89.6 cm³/mol. The van der Waals surface area contributed by atoms with Crippen LogP contribution in [0.3, 0.4) is 0 Å². The fourth-order valence-electron chi connectivity index (χ4n) is 2.28. The average molecular weight is 297 g/mol. The van der Waals surface area contributed by atoms with Crippen molar-refractivity contribution in [3.63, 3.8) is 0 Å². The number of rotatable bonds is 6. The molecule has 22 heavy (non-hydrogen) atoms. The zero-order valence-corrected chi connectivity index (χ0v) is 13.5. The minimum atomic E-state index is -0.0631. The first kappa shape index (κ1) is 16.1. The standard InChI is InChI=1S/C19H23NO2/c1-4-16-6-8-17(9-7-16)19(21)20-11-12-22-18-10-5-14(2)13-15(18)3/h5-10,13H,4,11-12H2,1-3H3,(H,20,21). The molecule has 1 N–H and O–H groups in total. The van der Waals surface area contributed by atoms with Gasteiger partial charge in [0.1, 0.15) is 12.4 Å². The van der Waals surface area contributed by atoms with Crippen molar-refractivity contribution < 1.29 is 9.53 Å². The summed E-state index contributed by atoms with van der Waals surface area (Å²) in [7, 11) is 0. The molecular formula is C19H23NO2. The molecule has 116 valence electrons. The Kier molecular flexibility index (Phi) is 5.59. The van der Waals surface area contributed by atoms with E-state index in [1.165, 1.54) is 11.1 Å². The molecule has 2 aromatic rings. The molecule has 0 saturated carbocycles. The first-order valence-electron chi connectivity index (χ1n) is 7.67. The smallest absolute Gasteiger partial charge is 0.251 e. The Balaban J connectivity index is 1.79. The van der Waals surface area contributed by atoms with E-state index in [9.17, 15) is 4.79 Å². The minimum absolute atomic E-state index is 0.0631. The van der Waals surface area contributed by atoms with Crippen molar-refractivity contribution in [2.75, 3.05) is 13.2 Å². The van der Waals surface area contributed by atoms with E-state index in [-0.39, 0.29) is 5.91 Å². The van der Waals surface area contributed by atoms with Crippen LogP contribution in [0.5, 0.6) is 5.75 Å². The van der Waals surface area contributed by atoms with E-state index in [1.54, 1.807) is 0 Å². The molecule has 0 aliphatic rings. The van der Waals surface area contributed by atoms with Gasteiger partial charge in [-0.2, -0.15) is 0 Å². The molecule has 0 radical (unpaired) electrons. The third-order valence-corrected chi connectivity index (χ3v) is 3.60. The normalized spacial score (nSPS) is 10.3. The predicted octanol–water partition coefficient (Wildman–Crippen LogP) is 3.67. The van der Waals surface area contributed by atoms with E-state index in [0.717, 1.165) is 17.7 Å². The molecule has 0 bridgehead atoms. The van der Waals surface area contributed by atoms with Crippen LogP contribution in [0.25, 0.3) is 0 Å². The van der Waals surface area contributed by atoms with Gasteiger partial charge in [-0.25, -0.2) is 0 Å². The van der Waals surface area contributed by atoms with Crippen LogP contribution in [0.2, 0.25) is 0 Å². The zero-order chi connectivity index (χ0) is 15.9. The molecule has 1 amide bonds. The van der Waals surface area contributed by atoms with E-state index in [4.69, 9.17) is 4.74 Å². The lowest BCUT2D eigenvalue weighted by molar-refractivity contribution is 0.0947. The van der Waals surface area contributed by atoms with Gasteiger partial charge in [0.25, 0.3) is 5.91 Å². The largest absolute Gasteiger partial charge is 0.491 e. The lowest BCUT2D eigenvalue weighted by atomic mass is 10.1. The first-order chi connectivity index (χ1) is 10.6. The van der Waals surface area contributed by atoms with Crippen LogP contribution in [-0.4, -0.2) is 19.1 Å². The molecule has 0 heterocycles. The number of carbonyl (C=O) groups excluding carboxylic acids is 1. The molecule has 2 rings (SSSR count). The van der Waals surface area contributed by atoms with E-state index >= 15 is 0 Å². The number of aryl methyl sites for hydroxylation is 3. The van der Waals surface area contributed by atoms with Gasteiger partial charge in [-0.15, -0.1) is 0 Å². The second kappa shape index (κ2) is 7.64. The molecule has 0 saturated heterocycles. The van der Waals surface area contributed by atoms with Crippen LogP contribution in [-0.2, 0) is 6.42 Å². The molecule has 0 atom stereocenters. The molecule has 3 nitrogen and oxygen atoms in total. The number of ether oxygens (including phenoxy) is 1. The number of hydrogen-bond acceptors (Lipinski definition) is 2. The van der Waals surface area contributed by atoms with E-state index in [2.05, 4.69) is 25.2 Å². The summed E-state index contributed by atoms with van der Waals surface area (Å²) in [5.41, 5.74) is 4.24. The lowest BCUT2D eigenvalue weighted by Gasteiger charge is -2.10. The van der Waals surface area contributed by atoms with E-state index in [1.807, 2.05) is 43.3 Å². The van der Waals surface area contributed by atoms with Crippen LogP contribution in [0.1, 0.15) is 34.0 Å². The fourth-order valence-corrected chi connectivity index (χ4v) is 2.28. The Morgan fingerprint density at radius 2 is 1.82 bits per heavy atom. The summed E-state index contributed by atoms with van der Waals surface area (Å²) in [4.78, 5) is 12.0. The highest BCUT2D eigenvalue weighted by Gasteiger charge is 2.05. The van der Waals surface area contributed by atoms with Crippen LogP contribution < -0.4 is 10.1 Å². The summed E-state index contributed by atoms with van der Waals surface area (Å²) in [6, 6.07) is 13.8. The van der Waals surface area contributed by atoms with Crippen molar-refractivity contribution in [2.45, 2.75) is 27.2 Å². The average Bonchev–Trinajstić information content (AvgIpc) is 2.53. The summed E-state index contributed by atoms with van der Waals surface area (Å²) in [5.74, 6) is 0.805. The van der Waals surface area contributed by atoms with Crippen molar-refractivity contribution in [3.8, 4) is 5.75 Å². The Labute approximate surface area is 132 Å². The summed E-state index contributed by atoms with van der Waals surface area (Å²) < 4.78 is 5.70. The van der Waals surface area contributed by atoms with Crippen molar-refractivity contribution >= 4 is 5.91 Å². The van der Waals surface area contributed by atoms with Gasteiger partial charge < -0.3 is 10.1 Å². The molecular weight excluding hydrogens is 274 g/mol. The maximum Gasteiger partial charge on any atom is 0.251 e. The molecule has 3 heteroatoms. The highest BCUT2D eigenvalue weighted by Crippen LogP contribution is 2.18. The monoisotopic (exact) mass is 297 g/mol. The molecule has 0 fully saturated rings. The highest BCUT2D eigenvalue weighted by molar-refractivity contribution is 5.94. The lowest BCUT2D eigenvalue weighted by Crippen LogP contribution is -2.28. The van der Waals surface area contributed by atoms with Gasteiger partial charge in [-0.05, 0) is 49.6 Å². The second-order valence-electron chi connectivity index (χ2n) is 5.42. The third kappa shape index (κ3) is 4.35. The van der Waals surface area contributed by atoms with Crippen LogP contribution in [0.15, 0.2) is 42.5 Å². The number of nitrogens with one attached hydrogen (secondary N) is 1. The third-order valence-electron chi connectivity index (χ3n) is 3.60. The minimum Gasteiger partial charge on any atom is -0.491 e. The van der Waals surface area contributed by atoms with Gasteiger partial charge in [0.05, 0.1) is 6.54 Å². The van der Waals surface area contributed by atoms with Crippen molar-refractivity contribution in [2.24, 2.45) is 0 Å². The zero-order valence-electron chi connectivity index (χ0n) is 13.5. The van der Waals surface area contributed by atoms with Gasteiger partial charge in [-0.3, -0.25) is 4.79 Å². The van der Waals surface area contributed by atoms with Gasteiger partial charge in [0, 0.05) is 5.56 Å². The quantitative estimate of drug-likeness (QED) is 0.826. The Morgan fingerprint density at radius 3 is 2.45 bits per heavy atom. The highest BCUT2D eigenvalue weighted by atomic mass is 16.5. The van der Waals surface area contributed by atoms with Gasteiger partial charge >= 0.3 is 0 Å². The fraction of sp³-hybridized carbons (Fsp3) is 0.316. The molecule has 0 aliphatic heterocycles. The van der Waals surface area contributed by atoms with Crippen LogP contribution in [0.4, 0.5) is 0 Å². The molecule has 0 aromatic heterocycles. The van der Waals surface area contributed by atoms with Crippen molar-refractivity contribution in [1.29, 1.82) is 0 Å². The Morgan fingerprint density at radius 1 is 1.09 bits per heavy atom. The molecule has 2 aromatic carbocycles. The topological polar surface area (TPSA) is 38.3 Å². The van der Waals surface area contributed by atoms with Gasteiger partial charge in [0.2, 0.25) is 0 Å². The first-order valence-corrected chi connectivity index (χ1v) is 7.67. The van der Waals surface area contributed by atoms with Gasteiger partial charge in [0.15, 0.2) is 0 Å². The summed E-state index contributed by atoms with van der Waals surface area (Å²) in [6.07, 6.45) is 0.978. The maximum absolute atomic E-state index is 12.0. The van der Waals surface area contributed by atoms with E-state index in [0.29, 0.717) is 18.7 Å². The van der Waals surface area contributed by atoms with Gasteiger partial charge in [-0.1, -0.05) is 36.8 Å². The Hall–Kier alpha value is -2.29. The van der Waals surface area contributed by atoms with E-state index < -0.39 is 0 Å². The summed E-state index contributed by atoms with van der Waals surface area (Å²) in [5, 5.41) is 2.87. The number of amides is 1. The second-order valence-corrected chi connectivity index (χ2v) is 5.42. The number of benzene rings is 2. The molecule has 0 unspecified atom stereocenters. The van der Waals surface area contributed by atoms with Crippen molar-refractivity contribution in [1.82, 2.24) is 5.32 Å².